The molecule has 9 nitrogen and oxygen atoms in total. The standard InChI is InChI=1S/C17H21N5O4/c1-11-9-16(24)18-19-17(11)13-3-4-14(15(10-13)22(25)26)21-7-5-20(6-8-21)12(2)23/h3-4,10-11H,5-9H2,1-2H3,(H,18,24). The van der Waals surface area contributed by atoms with Crippen molar-refractivity contribution in [3.05, 3.63) is 33.9 Å². The molecule has 1 saturated heterocycles. The number of amides is 2. The van der Waals surface area contributed by atoms with Gasteiger partial charge in [-0.15, -0.1) is 0 Å². The molecule has 0 spiro atoms. The Hall–Kier alpha value is -2.97. The molecule has 1 N–H and O–H groups in total. The lowest BCUT2D eigenvalue weighted by Gasteiger charge is -2.35. The van der Waals surface area contributed by atoms with Crippen LogP contribution in [0, 0.1) is 16.0 Å². The maximum atomic E-state index is 11.6. The number of hydrogen-bond acceptors (Lipinski definition) is 6. The Balaban J connectivity index is 1.88. The van der Waals surface area contributed by atoms with E-state index in [1.54, 1.807) is 17.0 Å². The fourth-order valence-corrected chi connectivity index (χ4v) is 3.36. The molecule has 2 aliphatic heterocycles. The third-order valence-corrected chi connectivity index (χ3v) is 4.79. The van der Waals surface area contributed by atoms with E-state index in [9.17, 15) is 19.7 Å². The smallest absolute Gasteiger partial charge is 0.293 e. The Morgan fingerprint density at radius 3 is 2.58 bits per heavy atom. The number of carbonyl (C=O) groups is 2. The molecule has 2 amide bonds. The van der Waals surface area contributed by atoms with Crippen molar-refractivity contribution in [2.24, 2.45) is 11.0 Å². The summed E-state index contributed by atoms with van der Waals surface area (Å²) in [5.74, 6) is -0.245. The summed E-state index contributed by atoms with van der Waals surface area (Å²) in [6.45, 7) is 5.59. The molecule has 0 aromatic heterocycles. The molecule has 1 unspecified atom stereocenters. The van der Waals surface area contributed by atoms with Crippen molar-refractivity contribution in [1.29, 1.82) is 0 Å². The van der Waals surface area contributed by atoms with Crippen LogP contribution in [0.3, 0.4) is 0 Å². The van der Waals surface area contributed by atoms with Gasteiger partial charge in [0.05, 0.1) is 10.6 Å². The van der Waals surface area contributed by atoms with E-state index in [0.717, 1.165) is 0 Å². The van der Waals surface area contributed by atoms with Crippen molar-refractivity contribution in [3.8, 4) is 0 Å². The zero-order valence-electron chi connectivity index (χ0n) is 14.8. The number of nitro benzene ring substituents is 1. The number of hydrogen-bond donors (Lipinski definition) is 1. The van der Waals surface area contributed by atoms with Crippen molar-refractivity contribution >= 4 is 28.9 Å². The number of piperazine rings is 1. The predicted molar refractivity (Wildman–Crippen MR) is 96.0 cm³/mol. The van der Waals surface area contributed by atoms with Gasteiger partial charge >= 0.3 is 0 Å². The van der Waals surface area contributed by atoms with Crippen LogP contribution in [0.4, 0.5) is 11.4 Å². The second-order valence-electron chi connectivity index (χ2n) is 6.59. The van der Waals surface area contributed by atoms with Crippen LogP contribution < -0.4 is 10.3 Å². The summed E-state index contributed by atoms with van der Waals surface area (Å²) in [6.07, 6.45) is 0.307. The first-order valence-corrected chi connectivity index (χ1v) is 8.52. The highest BCUT2D eigenvalue weighted by Crippen LogP contribution is 2.31. The van der Waals surface area contributed by atoms with Crippen LogP contribution in [-0.4, -0.2) is 53.5 Å². The van der Waals surface area contributed by atoms with E-state index in [0.29, 0.717) is 49.6 Å². The molecular formula is C17H21N5O4. The van der Waals surface area contributed by atoms with Gasteiger partial charge in [0.15, 0.2) is 0 Å². The molecule has 2 aliphatic rings. The molecule has 2 heterocycles. The van der Waals surface area contributed by atoms with Gasteiger partial charge in [-0.1, -0.05) is 13.0 Å². The maximum absolute atomic E-state index is 11.6. The molecule has 1 fully saturated rings. The Kier molecular flexibility index (Phi) is 4.88. The van der Waals surface area contributed by atoms with Crippen LogP contribution in [-0.2, 0) is 9.59 Å². The third kappa shape index (κ3) is 3.51. The van der Waals surface area contributed by atoms with Crippen molar-refractivity contribution < 1.29 is 14.5 Å². The molecule has 0 radical (unpaired) electrons. The van der Waals surface area contributed by atoms with Gasteiger partial charge < -0.3 is 9.80 Å². The Bertz CT molecular complexity index is 783. The zero-order chi connectivity index (χ0) is 18.8. The molecule has 1 aromatic carbocycles. The highest BCUT2D eigenvalue weighted by atomic mass is 16.6. The van der Waals surface area contributed by atoms with Crippen LogP contribution >= 0.6 is 0 Å². The number of rotatable bonds is 3. The number of nitro groups is 1. The van der Waals surface area contributed by atoms with E-state index >= 15 is 0 Å². The number of benzene rings is 1. The minimum absolute atomic E-state index is 0.00516. The maximum Gasteiger partial charge on any atom is 0.293 e. The first kappa shape index (κ1) is 17.8. The topological polar surface area (TPSA) is 108 Å². The van der Waals surface area contributed by atoms with Gasteiger partial charge in [0.1, 0.15) is 5.69 Å². The summed E-state index contributed by atoms with van der Waals surface area (Å²) in [6, 6.07) is 5.04. The van der Waals surface area contributed by atoms with Crippen LogP contribution in [0.1, 0.15) is 25.8 Å². The van der Waals surface area contributed by atoms with Gasteiger partial charge in [-0.25, -0.2) is 5.43 Å². The molecular weight excluding hydrogens is 338 g/mol. The van der Waals surface area contributed by atoms with E-state index in [1.807, 2.05) is 11.8 Å². The molecule has 0 saturated carbocycles. The molecule has 3 rings (SSSR count). The highest BCUT2D eigenvalue weighted by molar-refractivity contribution is 6.06. The summed E-state index contributed by atoms with van der Waals surface area (Å²) in [5.41, 5.74) is 4.25. The lowest BCUT2D eigenvalue weighted by atomic mass is 9.93. The van der Waals surface area contributed by atoms with Crippen molar-refractivity contribution in [2.45, 2.75) is 20.3 Å². The second kappa shape index (κ2) is 7.11. The quantitative estimate of drug-likeness (QED) is 0.643. The minimum atomic E-state index is -0.400. The van der Waals surface area contributed by atoms with Crippen LogP contribution in [0.2, 0.25) is 0 Å². The molecule has 0 aliphatic carbocycles. The lowest BCUT2D eigenvalue weighted by molar-refractivity contribution is -0.384. The molecule has 9 heteroatoms. The number of nitrogens with zero attached hydrogens (tertiary/aromatic N) is 4. The van der Waals surface area contributed by atoms with Gasteiger partial charge in [-0.2, -0.15) is 5.10 Å². The average molecular weight is 359 g/mol. The van der Waals surface area contributed by atoms with Crippen molar-refractivity contribution in [1.82, 2.24) is 10.3 Å². The van der Waals surface area contributed by atoms with Crippen LogP contribution in [0.15, 0.2) is 23.3 Å². The molecule has 0 bridgehead atoms. The third-order valence-electron chi connectivity index (χ3n) is 4.79. The molecule has 138 valence electrons. The highest BCUT2D eigenvalue weighted by Gasteiger charge is 2.27. The van der Waals surface area contributed by atoms with Crippen LogP contribution in [0.25, 0.3) is 0 Å². The predicted octanol–water partition coefficient (Wildman–Crippen LogP) is 1.12. The summed E-state index contributed by atoms with van der Waals surface area (Å²) >= 11 is 0. The second-order valence-corrected chi connectivity index (χ2v) is 6.59. The van der Waals surface area contributed by atoms with Gasteiger partial charge in [0.2, 0.25) is 11.8 Å². The largest absolute Gasteiger partial charge is 0.362 e. The monoisotopic (exact) mass is 359 g/mol. The zero-order valence-corrected chi connectivity index (χ0v) is 14.8. The van der Waals surface area contributed by atoms with Gasteiger partial charge in [-0.3, -0.25) is 19.7 Å². The summed E-state index contributed by atoms with van der Waals surface area (Å²) in [7, 11) is 0. The molecule has 1 aromatic rings. The number of anilines is 1. The van der Waals surface area contributed by atoms with Crippen molar-refractivity contribution in [3.63, 3.8) is 0 Å². The Labute approximate surface area is 150 Å². The fourth-order valence-electron chi connectivity index (χ4n) is 3.36. The van der Waals surface area contributed by atoms with E-state index < -0.39 is 4.92 Å². The number of carbonyl (C=O) groups excluding carboxylic acids is 2. The van der Waals surface area contributed by atoms with E-state index in [1.165, 1.54) is 13.0 Å². The summed E-state index contributed by atoms with van der Waals surface area (Å²) in [4.78, 5) is 37.7. The van der Waals surface area contributed by atoms with Gasteiger partial charge in [0, 0.05) is 57.1 Å². The Morgan fingerprint density at radius 2 is 2.00 bits per heavy atom. The Morgan fingerprint density at radius 1 is 1.31 bits per heavy atom. The normalized spacial score (nSPS) is 20.5. The summed E-state index contributed by atoms with van der Waals surface area (Å²) < 4.78 is 0. The lowest BCUT2D eigenvalue weighted by Crippen LogP contribution is -2.48. The fraction of sp³-hybridized carbons (Fsp3) is 0.471. The summed E-state index contributed by atoms with van der Waals surface area (Å²) in [5, 5.41) is 15.7. The average Bonchev–Trinajstić information content (AvgIpc) is 2.61. The van der Waals surface area contributed by atoms with Gasteiger partial charge in [-0.05, 0) is 6.07 Å². The first-order chi connectivity index (χ1) is 12.4. The van der Waals surface area contributed by atoms with E-state index in [2.05, 4.69) is 10.5 Å². The SMILES string of the molecule is CC(=O)N1CCN(c2ccc(C3=NNC(=O)CC3C)cc2[N+](=O)[O-])CC1. The van der Waals surface area contributed by atoms with E-state index in [4.69, 9.17) is 0 Å². The first-order valence-electron chi connectivity index (χ1n) is 8.52. The number of hydrazone groups is 1. The van der Waals surface area contributed by atoms with E-state index in [-0.39, 0.29) is 23.4 Å². The molecule has 1 atom stereocenters. The minimum Gasteiger partial charge on any atom is -0.362 e. The van der Waals surface area contributed by atoms with Crippen LogP contribution in [0.5, 0.6) is 0 Å². The number of nitrogens with one attached hydrogen (secondary N) is 1. The van der Waals surface area contributed by atoms with Gasteiger partial charge in [0.25, 0.3) is 5.69 Å². The molecule has 26 heavy (non-hydrogen) atoms. The van der Waals surface area contributed by atoms with Crippen molar-refractivity contribution in [2.75, 3.05) is 31.1 Å².